The van der Waals surface area contributed by atoms with Gasteiger partial charge < -0.3 is 0 Å². The number of thiol groups is 1. The van der Waals surface area contributed by atoms with E-state index in [2.05, 4.69) is 19.6 Å². The molecule has 0 aromatic carbocycles. The molecule has 1 aliphatic rings. The average molecular weight is 186 g/mol. The minimum Gasteiger partial charge on any atom is -0.179 e. The summed E-state index contributed by atoms with van der Waals surface area (Å²) in [6.45, 7) is 2.33. The van der Waals surface area contributed by atoms with Crippen molar-refractivity contribution in [3.8, 4) is 0 Å². The van der Waals surface area contributed by atoms with Crippen LogP contribution in [0.1, 0.15) is 51.9 Å². The molecule has 0 radical (unpaired) electrons. The van der Waals surface area contributed by atoms with E-state index in [-0.39, 0.29) is 0 Å². The first-order valence-corrected chi connectivity index (χ1v) is 6.11. The predicted octanol–water partition coefficient (Wildman–Crippen LogP) is 3.91. The summed E-state index contributed by atoms with van der Waals surface area (Å²) in [4.78, 5) is 0. The van der Waals surface area contributed by atoms with Crippen LogP contribution in [0.4, 0.5) is 0 Å². The number of hydrogen-bond donors (Lipinski definition) is 1. The lowest BCUT2D eigenvalue weighted by molar-refractivity contribution is 0.258. The summed E-state index contributed by atoms with van der Waals surface area (Å²) >= 11 is 4.26. The maximum absolute atomic E-state index is 4.26. The van der Waals surface area contributed by atoms with Gasteiger partial charge in [0.05, 0.1) is 0 Å². The van der Waals surface area contributed by atoms with E-state index in [1.807, 2.05) is 0 Å². The zero-order valence-corrected chi connectivity index (χ0v) is 9.15. The van der Waals surface area contributed by atoms with Crippen LogP contribution in [0, 0.1) is 11.8 Å². The molecule has 0 bridgehead atoms. The molecular weight excluding hydrogens is 164 g/mol. The van der Waals surface area contributed by atoms with Crippen LogP contribution in [0.15, 0.2) is 0 Å². The monoisotopic (exact) mass is 186 g/mol. The molecule has 0 saturated heterocycles. The molecule has 0 aromatic rings. The van der Waals surface area contributed by atoms with Crippen molar-refractivity contribution in [2.75, 3.05) is 5.75 Å². The van der Waals surface area contributed by atoms with Gasteiger partial charge in [-0.1, -0.05) is 39.0 Å². The molecular formula is C11H22S. The van der Waals surface area contributed by atoms with Gasteiger partial charge in [-0.3, -0.25) is 0 Å². The van der Waals surface area contributed by atoms with Gasteiger partial charge >= 0.3 is 0 Å². The van der Waals surface area contributed by atoms with Crippen molar-refractivity contribution in [3.05, 3.63) is 0 Å². The Morgan fingerprint density at radius 1 is 1.08 bits per heavy atom. The topological polar surface area (TPSA) is 0 Å². The van der Waals surface area contributed by atoms with E-state index >= 15 is 0 Å². The van der Waals surface area contributed by atoms with Crippen LogP contribution < -0.4 is 0 Å². The predicted molar refractivity (Wildman–Crippen MR) is 58.8 cm³/mol. The molecule has 1 saturated carbocycles. The van der Waals surface area contributed by atoms with Crippen LogP contribution >= 0.6 is 12.6 Å². The summed E-state index contributed by atoms with van der Waals surface area (Å²) in [5, 5.41) is 0. The van der Waals surface area contributed by atoms with Crippen LogP contribution in [-0.4, -0.2) is 5.75 Å². The van der Waals surface area contributed by atoms with Crippen molar-refractivity contribution in [3.63, 3.8) is 0 Å². The van der Waals surface area contributed by atoms with Crippen molar-refractivity contribution in [2.45, 2.75) is 51.9 Å². The zero-order valence-electron chi connectivity index (χ0n) is 8.26. The Balaban J connectivity index is 2.09. The molecule has 0 nitrogen and oxygen atoms in total. The van der Waals surface area contributed by atoms with Crippen LogP contribution in [0.2, 0.25) is 0 Å². The Hall–Kier alpha value is 0.350. The largest absolute Gasteiger partial charge is 0.179 e. The summed E-state index contributed by atoms with van der Waals surface area (Å²) in [6, 6.07) is 0. The van der Waals surface area contributed by atoms with Crippen LogP contribution in [0.5, 0.6) is 0 Å². The number of rotatable bonds is 4. The van der Waals surface area contributed by atoms with Gasteiger partial charge in [0.25, 0.3) is 0 Å². The fourth-order valence-electron chi connectivity index (χ4n) is 2.31. The quantitative estimate of drug-likeness (QED) is 0.632. The normalized spacial score (nSPS) is 30.5. The van der Waals surface area contributed by atoms with Crippen molar-refractivity contribution < 1.29 is 0 Å². The van der Waals surface area contributed by atoms with E-state index in [1.54, 1.807) is 0 Å². The van der Waals surface area contributed by atoms with Crippen LogP contribution in [-0.2, 0) is 0 Å². The van der Waals surface area contributed by atoms with E-state index in [4.69, 9.17) is 0 Å². The third kappa shape index (κ3) is 3.38. The Labute approximate surface area is 82.5 Å². The van der Waals surface area contributed by atoms with Gasteiger partial charge in [-0.2, -0.15) is 12.6 Å². The smallest absolute Gasteiger partial charge is 0.00978 e. The molecule has 0 spiro atoms. The summed E-state index contributed by atoms with van der Waals surface area (Å²) in [5.41, 5.74) is 0. The highest BCUT2D eigenvalue weighted by atomic mass is 32.1. The van der Waals surface area contributed by atoms with Gasteiger partial charge in [-0.15, -0.1) is 0 Å². The molecule has 1 fully saturated rings. The van der Waals surface area contributed by atoms with E-state index in [0.29, 0.717) is 0 Å². The van der Waals surface area contributed by atoms with E-state index in [0.717, 1.165) is 17.6 Å². The first-order valence-electron chi connectivity index (χ1n) is 5.47. The maximum atomic E-state index is 4.26. The molecule has 0 unspecified atom stereocenters. The Bertz CT molecular complexity index is 104. The second-order valence-corrected chi connectivity index (χ2v) is 4.61. The van der Waals surface area contributed by atoms with E-state index in [1.165, 1.54) is 44.9 Å². The molecule has 0 atom stereocenters. The lowest BCUT2D eigenvalue weighted by Crippen LogP contribution is -2.13. The van der Waals surface area contributed by atoms with Crippen LogP contribution in [0.25, 0.3) is 0 Å². The molecule has 0 amide bonds. The second-order valence-electron chi connectivity index (χ2n) is 4.16. The minimum absolute atomic E-state index is 1.04. The fraction of sp³-hybridized carbons (Fsp3) is 1.00. The summed E-state index contributed by atoms with van der Waals surface area (Å²) < 4.78 is 0. The molecule has 0 aliphatic heterocycles. The Morgan fingerprint density at radius 2 is 1.67 bits per heavy atom. The van der Waals surface area contributed by atoms with E-state index in [9.17, 15) is 0 Å². The lowest BCUT2D eigenvalue weighted by Gasteiger charge is -2.27. The molecule has 0 N–H and O–H groups in total. The highest BCUT2D eigenvalue weighted by molar-refractivity contribution is 7.80. The minimum atomic E-state index is 1.04. The van der Waals surface area contributed by atoms with Crippen molar-refractivity contribution in [1.82, 2.24) is 0 Å². The van der Waals surface area contributed by atoms with Crippen molar-refractivity contribution in [1.29, 1.82) is 0 Å². The van der Waals surface area contributed by atoms with Crippen molar-refractivity contribution in [2.24, 2.45) is 11.8 Å². The summed E-state index contributed by atoms with van der Waals surface area (Å²) in [6.07, 6.45) is 10.1. The molecule has 1 heteroatoms. The van der Waals surface area contributed by atoms with Gasteiger partial charge in [-0.25, -0.2) is 0 Å². The van der Waals surface area contributed by atoms with Gasteiger partial charge in [0.2, 0.25) is 0 Å². The Kier molecular flexibility index (Phi) is 5.13. The fourth-order valence-corrected chi connectivity index (χ4v) is 2.49. The highest BCUT2D eigenvalue weighted by Gasteiger charge is 2.18. The SMILES string of the molecule is CCC1CCC(CCCS)CC1. The second kappa shape index (κ2) is 5.90. The van der Waals surface area contributed by atoms with Crippen molar-refractivity contribution >= 4 is 12.6 Å². The Morgan fingerprint density at radius 3 is 2.17 bits per heavy atom. The molecule has 0 heterocycles. The molecule has 1 aliphatic carbocycles. The summed E-state index contributed by atoms with van der Waals surface area (Å²) in [7, 11) is 0. The third-order valence-corrected chi connectivity index (χ3v) is 3.63. The maximum Gasteiger partial charge on any atom is -0.00978 e. The molecule has 1 rings (SSSR count). The van der Waals surface area contributed by atoms with Crippen LogP contribution in [0.3, 0.4) is 0 Å². The van der Waals surface area contributed by atoms with Gasteiger partial charge in [0.1, 0.15) is 0 Å². The molecule has 0 aromatic heterocycles. The van der Waals surface area contributed by atoms with Gasteiger partial charge in [0, 0.05) is 0 Å². The van der Waals surface area contributed by atoms with Gasteiger partial charge in [0.15, 0.2) is 0 Å². The lowest BCUT2D eigenvalue weighted by atomic mass is 9.79. The van der Waals surface area contributed by atoms with E-state index < -0.39 is 0 Å². The molecule has 12 heavy (non-hydrogen) atoms. The zero-order chi connectivity index (χ0) is 8.81. The third-order valence-electron chi connectivity index (χ3n) is 3.31. The average Bonchev–Trinajstić information content (AvgIpc) is 2.15. The van der Waals surface area contributed by atoms with Gasteiger partial charge in [-0.05, 0) is 30.4 Å². The first-order chi connectivity index (χ1) is 5.86. The molecule has 72 valence electrons. The highest BCUT2D eigenvalue weighted by Crippen LogP contribution is 2.32. The number of hydrogen-bond acceptors (Lipinski definition) is 1. The standard InChI is InChI=1S/C11H22S/c1-2-10-5-7-11(8-6-10)4-3-9-12/h10-12H,2-9H2,1H3. The summed E-state index contributed by atoms with van der Waals surface area (Å²) in [5.74, 6) is 3.17. The first kappa shape index (κ1) is 10.4.